The molecule has 0 bridgehead atoms. The Balaban J connectivity index is 2.55. The third-order valence-electron chi connectivity index (χ3n) is 2.78. The molecule has 0 saturated carbocycles. The maximum atomic E-state index is 11.9. The fraction of sp³-hybridized carbons (Fsp3) is 0.333. The first kappa shape index (κ1) is 12.1. The second-order valence-electron chi connectivity index (χ2n) is 3.91. The van der Waals surface area contributed by atoms with Gasteiger partial charge < -0.3 is 10.5 Å². The Morgan fingerprint density at radius 2 is 2.12 bits per heavy atom. The minimum absolute atomic E-state index is 0.337. The predicted octanol–water partition coefficient (Wildman–Crippen LogP) is 1.56. The quantitative estimate of drug-likeness (QED) is 0.884. The summed E-state index contributed by atoms with van der Waals surface area (Å²) in [4.78, 5) is 0.337. The molecule has 2 N–H and O–H groups in total. The van der Waals surface area contributed by atoms with Crippen molar-refractivity contribution in [1.29, 1.82) is 0 Å². The first-order valence-corrected chi connectivity index (χ1v) is 6.98. The highest BCUT2D eigenvalue weighted by atomic mass is 32.2. The third kappa shape index (κ3) is 2.08. The molecule has 17 heavy (non-hydrogen) atoms. The van der Waals surface area contributed by atoms with E-state index in [2.05, 4.69) is 0 Å². The third-order valence-corrected chi connectivity index (χ3v) is 4.33. The lowest BCUT2D eigenvalue weighted by atomic mass is 10.0. The van der Waals surface area contributed by atoms with Crippen LogP contribution in [0.2, 0.25) is 0 Å². The molecule has 1 aromatic carbocycles. The van der Waals surface area contributed by atoms with Gasteiger partial charge in [-0.3, -0.25) is 0 Å². The highest BCUT2D eigenvalue weighted by Gasteiger charge is 2.29. The number of methoxy groups -OCH3 is 1. The lowest BCUT2D eigenvalue weighted by Crippen LogP contribution is -1.99. The SMILES string of the molecule is COc1cccc2c1C(CCCN)=CS2(=O)=O. The number of benzene rings is 1. The molecule has 4 nitrogen and oxygen atoms in total. The summed E-state index contributed by atoms with van der Waals surface area (Å²) in [6.07, 6.45) is 1.42. The number of ether oxygens (including phenoxy) is 1. The molecule has 1 heterocycles. The van der Waals surface area contributed by atoms with Crippen molar-refractivity contribution in [2.75, 3.05) is 13.7 Å². The van der Waals surface area contributed by atoms with E-state index < -0.39 is 9.84 Å². The molecule has 0 radical (unpaired) electrons. The van der Waals surface area contributed by atoms with E-state index in [9.17, 15) is 8.42 Å². The van der Waals surface area contributed by atoms with Crippen LogP contribution in [0.5, 0.6) is 5.75 Å². The van der Waals surface area contributed by atoms with Crippen molar-refractivity contribution >= 4 is 15.4 Å². The van der Waals surface area contributed by atoms with Crippen molar-refractivity contribution in [3.8, 4) is 5.75 Å². The topological polar surface area (TPSA) is 69.4 Å². The van der Waals surface area contributed by atoms with Gasteiger partial charge in [-0.25, -0.2) is 8.42 Å². The van der Waals surface area contributed by atoms with Gasteiger partial charge in [0.25, 0.3) is 0 Å². The summed E-state index contributed by atoms with van der Waals surface area (Å²) < 4.78 is 29.1. The van der Waals surface area contributed by atoms with E-state index in [1.807, 2.05) is 0 Å². The first-order chi connectivity index (χ1) is 8.10. The van der Waals surface area contributed by atoms with Crippen molar-refractivity contribution < 1.29 is 13.2 Å². The Kier molecular flexibility index (Phi) is 3.22. The van der Waals surface area contributed by atoms with Gasteiger partial charge >= 0.3 is 0 Å². The smallest absolute Gasteiger partial charge is 0.200 e. The molecule has 0 atom stereocenters. The molecule has 0 saturated heterocycles. The van der Waals surface area contributed by atoms with Crippen LogP contribution in [0.1, 0.15) is 18.4 Å². The molecule has 1 aliphatic heterocycles. The van der Waals surface area contributed by atoms with E-state index in [0.717, 1.165) is 12.0 Å². The van der Waals surface area contributed by atoms with Gasteiger partial charge in [0.2, 0.25) is 9.84 Å². The Bertz CT molecular complexity index is 561. The zero-order valence-electron chi connectivity index (χ0n) is 9.64. The fourth-order valence-corrected chi connectivity index (χ4v) is 3.54. The van der Waals surface area contributed by atoms with Crippen LogP contribution in [0.3, 0.4) is 0 Å². The van der Waals surface area contributed by atoms with Gasteiger partial charge in [-0.05, 0) is 37.1 Å². The number of rotatable bonds is 4. The van der Waals surface area contributed by atoms with Gasteiger partial charge in [0.1, 0.15) is 5.75 Å². The van der Waals surface area contributed by atoms with Crippen LogP contribution in [0, 0.1) is 0 Å². The Morgan fingerprint density at radius 1 is 1.35 bits per heavy atom. The molecule has 0 amide bonds. The van der Waals surface area contributed by atoms with E-state index in [1.165, 1.54) is 5.41 Å². The molecule has 0 aromatic heterocycles. The van der Waals surface area contributed by atoms with E-state index in [0.29, 0.717) is 29.2 Å². The molecule has 0 fully saturated rings. The van der Waals surface area contributed by atoms with Gasteiger partial charge in [0, 0.05) is 11.0 Å². The Morgan fingerprint density at radius 3 is 2.76 bits per heavy atom. The van der Waals surface area contributed by atoms with Gasteiger partial charge in [-0.2, -0.15) is 0 Å². The van der Waals surface area contributed by atoms with Crippen LogP contribution >= 0.6 is 0 Å². The lowest BCUT2D eigenvalue weighted by Gasteiger charge is -2.09. The summed E-state index contributed by atoms with van der Waals surface area (Å²) in [7, 11) is -1.76. The zero-order chi connectivity index (χ0) is 12.5. The lowest BCUT2D eigenvalue weighted by molar-refractivity contribution is 0.412. The molecular formula is C12H15NO3S. The van der Waals surface area contributed by atoms with Crippen LogP contribution < -0.4 is 10.5 Å². The highest BCUT2D eigenvalue weighted by Crippen LogP contribution is 2.41. The predicted molar refractivity (Wildman–Crippen MR) is 66.4 cm³/mol. The molecule has 92 valence electrons. The number of allylic oxidation sites excluding steroid dienone is 1. The minimum Gasteiger partial charge on any atom is -0.496 e. The summed E-state index contributed by atoms with van der Waals surface area (Å²) in [5.74, 6) is 0.604. The van der Waals surface area contributed by atoms with Gasteiger partial charge in [-0.1, -0.05) is 6.07 Å². The Hall–Kier alpha value is -1.33. The number of fused-ring (bicyclic) bond motifs is 1. The van der Waals surface area contributed by atoms with Crippen molar-refractivity contribution in [1.82, 2.24) is 0 Å². The second-order valence-corrected chi connectivity index (χ2v) is 5.68. The standard InChI is InChI=1S/C12H15NO3S/c1-16-10-5-2-6-11-12(10)9(4-3-7-13)8-17(11,14)15/h2,5-6,8H,3-4,7,13H2,1H3. The second kappa shape index (κ2) is 4.50. The van der Waals surface area contributed by atoms with Crippen LogP contribution in [0.15, 0.2) is 28.5 Å². The van der Waals surface area contributed by atoms with Crippen LogP contribution in [0.25, 0.3) is 5.57 Å². The number of hydrogen-bond donors (Lipinski definition) is 1. The van der Waals surface area contributed by atoms with Gasteiger partial charge in [0.15, 0.2) is 0 Å². The number of nitrogens with two attached hydrogens (primary N) is 1. The van der Waals surface area contributed by atoms with Crippen LogP contribution in [-0.2, 0) is 9.84 Å². The highest BCUT2D eigenvalue weighted by molar-refractivity contribution is 7.95. The maximum absolute atomic E-state index is 11.9. The summed E-state index contributed by atoms with van der Waals surface area (Å²) in [6, 6.07) is 5.07. The number of hydrogen-bond acceptors (Lipinski definition) is 4. The van der Waals surface area contributed by atoms with E-state index in [1.54, 1.807) is 25.3 Å². The molecule has 1 aliphatic rings. The maximum Gasteiger partial charge on any atom is 0.200 e. The molecular weight excluding hydrogens is 238 g/mol. The normalized spacial score (nSPS) is 16.5. The molecule has 1 aromatic rings. The molecule has 2 rings (SSSR count). The van der Waals surface area contributed by atoms with E-state index >= 15 is 0 Å². The summed E-state index contributed by atoms with van der Waals surface area (Å²) in [5, 5.41) is 1.33. The van der Waals surface area contributed by atoms with Crippen LogP contribution in [0.4, 0.5) is 0 Å². The molecule has 0 unspecified atom stereocenters. The van der Waals surface area contributed by atoms with E-state index in [-0.39, 0.29) is 0 Å². The molecule has 5 heteroatoms. The van der Waals surface area contributed by atoms with Crippen molar-refractivity contribution in [3.63, 3.8) is 0 Å². The summed E-state index contributed by atoms with van der Waals surface area (Å²) in [6.45, 7) is 0.544. The molecule has 0 aliphatic carbocycles. The summed E-state index contributed by atoms with van der Waals surface area (Å²) >= 11 is 0. The van der Waals surface area contributed by atoms with Crippen molar-refractivity contribution in [2.24, 2.45) is 5.73 Å². The largest absolute Gasteiger partial charge is 0.496 e. The molecule has 0 spiro atoms. The Labute approximate surface area is 101 Å². The van der Waals surface area contributed by atoms with Crippen molar-refractivity contribution in [3.05, 3.63) is 29.2 Å². The van der Waals surface area contributed by atoms with Crippen molar-refractivity contribution in [2.45, 2.75) is 17.7 Å². The first-order valence-electron chi connectivity index (χ1n) is 5.43. The summed E-state index contributed by atoms with van der Waals surface area (Å²) in [5.41, 5.74) is 6.95. The fourth-order valence-electron chi connectivity index (χ4n) is 2.02. The minimum atomic E-state index is -3.30. The van der Waals surface area contributed by atoms with E-state index in [4.69, 9.17) is 10.5 Å². The average Bonchev–Trinajstić information content (AvgIpc) is 2.58. The average molecular weight is 253 g/mol. The monoisotopic (exact) mass is 253 g/mol. The number of sulfone groups is 1. The zero-order valence-corrected chi connectivity index (χ0v) is 10.5. The van der Waals surface area contributed by atoms with Crippen LogP contribution in [-0.4, -0.2) is 22.1 Å². The van der Waals surface area contributed by atoms with Gasteiger partial charge in [-0.15, -0.1) is 0 Å². The van der Waals surface area contributed by atoms with Gasteiger partial charge in [0.05, 0.1) is 12.0 Å².